The van der Waals surface area contributed by atoms with Crippen molar-refractivity contribution < 1.29 is 4.79 Å². The fourth-order valence-corrected chi connectivity index (χ4v) is 2.53. The maximum atomic E-state index is 12.5. The summed E-state index contributed by atoms with van der Waals surface area (Å²) in [6.45, 7) is 1.90. The summed E-state index contributed by atoms with van der Waals surface area (Å²) in [6.07, 6.45) is 2.44. The number of hydrogen-bond donors (Lipinski definition) is 0. The highest BCUT2D eigenvalue weighted by Crippen LogP contribution is 2.20. The van der Waals surface area contributed by atoms with Gasteiger partial charge in [-0.25, -0.2) is 0 Å². The Morgan fingerprint density at radius 1 is 1.30 bits per heavy atom. The lowest BCUT2D eigenvalue weighted by Crippen LogP contribution is -2.24. The normalized spacial score (nSPS) is 10.6. The third-order valence-corrected chi connectivity index (χ3v) is 3.75. The average Bonchev–Trinajstić information content (AvgIpc) is 2.45. The van der Waals surface area contributed by atoms with E-state index < -0.39 is 0 Å². The molecule has 104 valence electrons. The first-order chi connectivity index (χ1) is 9.60. The van der Waals surface area contributed by atoms with Crippen LogP contribution < -0.4 is 5.56 Å². The maximum Gasteiger partial charge on any atom is 0.259 e. The van der Waals surface area contributed by atoms with Crippen molar-refractivity contribution in [3.8, 4) is 5.69 Å². The van der Waals surface area contributed by atoms with Crippen LogP contribution in [0.1, 0.15) is 21.5 Å². The van der Waals surface area contributed by atoms with Crippen LogP contribution in [0.2, 0.25) is 5.02 Å². The van der Waals surface area contributed by atoms with Crippen molar-refractivity contribution in [1.82, 2.24) is 4.57 Å². The smallest absolute Gasteiger partial charge is 0.259 e. The molecule has 0 atom stereocenters. The first kappa shape index (κ1) is 14.8. The predicted molar refractivity (Wildman–Crippen MR) is 81.6 cm³/mol. The van der Waals surface area contributed by atoms with Crippen molar-refractivity contribution in [2.75, 3.05) is 5.88 Å². The Bertz CT molecular complexity index is 708. The van der Waals surface area contributed by atoms with E-state index in [2.05, 4.69) is 0 Å². The van der Waals surface area contributed by atoms with Crippen LogP contribution in [0.25, 0.3) is 5.69 Å². The minimum atomic E-state index is -0.240. The lowest BCUT2D eigenvalue weighted by atomic mass is 10.1. The molecule has 0 aliphatic rings. The summed E-state index contributed by atoms with van der Waals surface area (Å²) in [7, 11) is 0. The van der Waals surface area contributed by atoms with E-state index in [1.54, 1.807) is 0 Å². The van der Waals surface area contributed by atoms with Gasteiger partial charge in [0.2, 0.25) is 0 Å². The standard InChI is InChI=1S/C15H13Cl2NO2/c1-10-4-2-3-5-13(10)18-8-11(9-19)14(17)12(6-7-16)15(18)20/h2-5,8-9H,6-7H2,1H3. The molecule has 20 heavy (non-hydrogen) atoms. The molecule has 0 saturated carbocycles. The van der Waals surface area contributed by atoms with E-state index in [9.17, 15) is 9.59 Å². The summed E-state index contributed by atoms with van der Waals surface area (Å²) in [5.74, 6) is 0.269. The molecule has 3 nitrogen and oxygen atoms in total. The van der Waals surface area contributed by atoms with Crippen LogP contribution in [0.3, 0.4) is 0 Å². The van der Waals surface area contributed by atoms with Crippen molar-refractivity contribution in [3.05, 3.63) is 62.5 Å². The van der Waals surface area contributed by atoms with Crippen LogP contribution in [0.15, 0.2) is 35.3 Å². The molecule has 0 N–H and O–H groups in total. The fraction of sp³-hybridized carbons (Fsp3) is 0.200. The van der Waals surface area contributed by atoms with Crippen LogP contribution in [-0.2, 0) is 6.42 Å². The van der Waals surface area contributed by atoms with Crippen LogP contribution in [0.4, 0.5) is 0 Å². The highest BCUT2D eigenvalue weighted by molar-refractivity contribution is 6.33. The molecule has 0 spiro atoms. The first-order valence-electron chi connectivity index (χ1n) is 6.11. The second kappa shape index (κ2) is 6.25. The second-order valence-corrected chi connectivity index (χ2v) is 5.15. The van der Waals surface area contributed by atoms with Gasteiger partial charge in [0, 0.05) is 17.6 Å². The minimum absolute atomic E-state index is 0.190. The molecular weight excluding hydrogens is 297 g/mol. The van der Waals surface area contributed by atoms with Crippen LogP contribution in [0, 0.1) is 6.92 Å². The molecule has 2 rings (SSSR count). The van der Waals surface area contributed by atoms with Gasteiger partial charge in [-0.3, -0.25) is 14.2 Å². The largest absolute Gasteiger partial charge is 0.298 e. The van der Waals surface area contributed by atoms with Gasteiger partial charge in [0.1, 0.15) is 0 Å². The van der Waals surface area contributed by atoms with Gasteiger partial charge in [0.05, 0.1) is 16.3 Å². The van der Waals surface area contributed by atoms with Gasteiger partial charge in [0.15, 0.2) is 6.29 Å². The summed E-state index contributed by atoms with van der Waals surface area (Å²) in [4.78, 5) is 23.6. The number of rotatable bonds is 4. The number of aryl methyl sites for hydroxylation is 1. The molecule has 1 aromatic heterocycles. The Labute approximate surface area is 126 Å². The zero-order chi connectivity index (χ0) is 14.7. The topological polar surface area (TPSA) is 39.1 Å². The Hall–Kier alpha value is -1.58. The molecule has 1 aromatic carbocycles. The number of carbonyl (C=O) groups excluding carboxylic acids is 1. The molecule has 0 amide bonds. The molecule has 0 radical (unpaired) electrons. The van der Waals surface area contributed by atoms with E-state index in [1.165, 1.54) is 10.8 Å². The monoisotopic (exact) mass is 309 g/mol. The van der Waals surface area contributed by atoms with Crippen LogP contribution in [0.5, 0.6) is 0 Å². The van der Waals surface area contributed by atoms with Gasteiger partial charge in [-0.2, -0.15) is 0 Å². The van der Waals surface area contributed by atoms with Crippen molar-refractivity contribution >= 4 is 29.5 Å². The second-order valence-electron chi connectivity index (χ2n) is 4.40. The summed E-state index contributed by atoms with van der Waals surface area (Å²) in [5, 5.41) is 0.190. The Kier molecular flexibility index (Phi) is 4.63. The molecule has 0 fully saturated rings. The predicted octanol–water partition coefficient (Wildman–Crippen LogP) is 3.39. The van der Waals surface area contributed by atoms with Gasteiger partial charge in [0.25, 0.3) is 5.56 Å². The summed E-state index contributed by atoms with van der Waals surface area (Å²) in [6, 6.07) is 7.45. The van der Waals surface area contributed by atoms with Crippen molar-refractivity contribution in [3.63, 3.8) is 0 Å². The number of para-hydroxylation sites is 1. The number of benzene rings is 1. The SMILES string of the molecule is Cc1ccccc1-n1cc(C=O)c(Cl)c(CCCl)c1=O. The van der Waals surface area contributed by atoms with Crippen molar-refractivity contribution in [2.24, 2.45) is 0 Å². The van der Waals surface area contributed by atoms with Gasteiger partial charge >= 0.3 is 0 Å². The molecular formula is C15H13Cl2NO2. The Morgan fingerprint density at radius 3 is 2.60 bits per heavy atom. The quantitative estimate of drug-likeness (QED) is 0.641. The first-order valence-corrected chi connectivity index (χ1v) is 7.02. The Morgan fingerprint density at radius 2 is 2.00 bits per heavy atom. The van der Waals surface area contributed by atoms with E-state index in [-0.39, 0.29) is 22.0 Å². The third-order valence-electron chi connectivity index (χ3n) is 3.11. The van der Waals surface area contributed by atoms with Gasteiger partial charge in [-0.1, -0.05) is 29.8 Å². The highest BCUT2D eigenvalue weighted by Gasteiger charge is 2.15. The highest BCUT2D eigenvalue weighted by atomic mass is 35.5. The number of aromatic nitrogens is 1. The minimum Gasteiger partial charge on any atom is -0.298 e. The van der Waals surface area contributed by atoms with E-state index in [1.807, 2.05) is 31.2 Å². The number of carbonyl (C=O) groups is 1. The number of nitrogens with zero attached hydrogens (tertiary/aromatic N) is 1. The maximum absolute atomic E-state index is 12.5. The van der Waals surface area contributed by atoms with E-state index in [0.717, 1.165) is 11.3 Å². The molecule has 2 aromatic rings. The molecule has 0 saturated heterocycles. The van der Waals surface area contributed by atoms with Crippen molar-refractivity contribution in [2.45, 2.75) is 13.3 Å². The number of pyridine rings is 1. The van der Waals surface area contributed by atoms with Gasteiger partial charge in [-0.05, 0) is 25.0 Å². The number of halogens is 2. The van der Waals surface area contributed by atoms with Gasteiger partial charge in [-0.15, -0.1) is 11.6 Å². The third kappa shape index (κ3) is 2.65. The fourth-order valence-electron chi connectivity index (χ4n) is 2.07. The summed E-state index contributed by atoms with van der Waals surface area (Å²) < 4.78 is 1.45. The molecule has 5 heteroatoms. The summed E-state index contributed by atoms with van der Waals surface area (Å²) >= 11 is 11.8. The van der Waals surface area contributed by atoms with E-state index in [4.69, 9.17) is 23.2 Å². The van der Waals surface area contributed by atoms with E-state index >= 15 is 0 Å². The van der Waals surface area contributed by atoms with Crippen LogP contribution >= 0.6 is 23.2 Å². The molecule has 1 heterocycles. The molecule has 0 aliphatic heterocycles. The van der Waals surface area contributed by atoms with Gasteiger partial charge < -0.3 is 0 Å². The average molecular weight is 310 g/mol. The van der Waals surface area contributed by atoms with Crippen LogP contribution in [-0.4, -0.2) is 16.7 Å². The van der Waals surface area contributed by atoms with E-state index in [0.29, 0.717) is 18.3 Å². The molecule has 0 bridgehead atoms. The molecule has 0 aliphatic carbocycles. The Balaban J connectivity index is 2.78. The number of aldehydes is 1. The number of alkyl halides is 1. The molecule has 0 unspecified atom stereocenters. The zero-order valence-corrected chi connectivity index (χ0v) is 12.4. The lowest BCUT2D eigenvalue weighted by molar-refractivity contribution is 0.112. The summed E-state index contributed by atoms with van der Waals surface area (Å²) in [5.41, 5.74) is 2.08. The van der Waals surface area contributed by atoms with Crippen molar-refractivity contribution in [1.29, 1.82) is 0 Å². The number of hydrogen-bond acceptors (Lipinski definition) is 2. The lowest BCUT2D eigenvalue weighted by Gasteiger charge is -2.13. The zero-order valence-electron chi connectivity index (χ0n) is 10.9.